The van der Waals surface area contributed by atoms with Crippen LogP contribution in [0, 0.1) is 0 Å². The van der Waals surface area contributed by atoms with Crippen LogP contribution in [0.1, 0.15) is 44.4 Å². The van der Waals surface area contributed by atoms with Crippen molar-refractivity contribution in [3.63, 3.8) is 0 Å². The molecule has 10 heteroatoms. The first-order valence-corrected chi connectivity index (χ1v) is 9.91. The Morgan fingerprint density at radius 3 is 2.06 bits per heavy atom. The van der Waals surface area contributed by atoms with Crippen LogP contribution >= 0.6 is 0 Å². The van der Waals surface area contributed by atoms with Gasteiger partial charge in [0.05, 0.1) is 24.3 Å². The summed E-state index contributed by atoms with van der Waals surface area (Å²) in [5.74, 6) is -2.20. The van der Waals surface area contributed by atoms with Gasteiger partial charge in [-0.1, -0.05) is 24.3 Å². The highest BCUT2D eigenvalue weighted by atomic mass is 16.8. The fraction of sp³-hybridized carbons (Fsp3) is 0.364. The van der Waals surface area contributed by atoms with Crippen LogP contribution in [0.5, 0.6) is 0 Å². The Bertz CT molecular complexity index is 990. The van der Waals surface area contributed by atoms with Crippen molar-refractivity contribution >= 4 is 11.9 Å². The third kappa shape index (κ3) is 4.51. The number of hydrogen-bond acceptors (Lipinski definition) is 8. The lowest BCUT2D eigenvalue weighted by atomic mass is 9.99. The molecule has 0 amide bonds. The number of hydrogen-bond donors (Lipinski definition) is 4. The maximum atomic E-state index is 11.3. The van der Waals surface area contributed by atoms with Gasteiger partial charge < -0.3 is 39.4 Å². The van der Waals surface area contributed by atoms with Crippen LogP contribution in [-0.4, -0.2) is 70.0 Å². The Balaban J connectivity index is 1.57. The Labute approximate surface area is 182 Å². The van der Waals surface area contributed by atoms with Gasteiger partial charge in [0.15, 0.2) is 12.6 Å². The Morgan fingerprint density at radius 1 is 0.906 bits per heavy atom. The number of aliphatic hydroxyl groups excluding tert-OH is 2. The maximum absolute atomic E-state index is 11.3. The van der Waals surface area contributed by atoms with Crippen molar-refractivity contribution in [1.82, 2.24) is 0 Å². The van der Waals surface area contributed by atoms with E-state index in [0.717, 1.165) is 0 Å². The number of fused-ring (bicyclic) bond motifs is 1. The topological polar surface area (TPSA) is 152 Å². The summed E-state index contributed by atoms with van der Waals surface area (Å²) in [6.45, 7) is -0.557. The summed E-state index contributed by atoms with van der Waals surface area (Å²) < 4.78 is 23.5. The highest BCUT2D eigenvalue weighted by Crippen LogP contribution is 2.39. The van der Waals surface area contributed by atoms with Crippen molar-refractivity contribution < 1.29 is 49.0 Å². The van der Waals surface area contributed by atoms with E-state index >= 15 is 0 Å². The molecule has 4 N–H and O–H groups in total. The number of carboxylic acids is 2. The summed E-state index contributed by atoms with van der Waals surface area (Å²) in [4.78, 5) is 22.6. The molecule has 2 fully saturated rings. The summed E-state index contributed by atoms with van der Waals surface area (Å²) in [6, 6.07) is 12.1. The molecule has 0 radical (unpaired) electrons. The second kappa shape index (κ2) is 9.33. The SMILES string of the molecule is O=C(O)c1cccc(C2OC3COC(c4cccc(C(=O)O)c4)OC3C(C(O)CO)O2)c1. The minimum Gasteiger partial charge on any atom is -0.478 e. The van der Waals surface area contributed by atoms with E-state index in [2.05, 4.69) is 0 Å². The largest absolute Gasteiger partial charge is 0.478 e. The molecule has 0 aromatic heterocycles. The average molecular weight is 446 g/mol. The molecule has 2 aromatic carbocycles. The molecule has 32 heavy (non-hydrogen) atoms. The lowest BCUT2D eigenvalue weighted by Gasteiger charge is -2.47. The third-order valence-electron chi connectivity index (χ3n) is 5.34. The number of benzene rings is 2. The van der Waals surface area contributed by atoms with Crippen molar-refractivity contribution in [3.05, 3.63) is 70.8 Å². The zero-order chi connectivity index (χ0) is 22.8. The molecule has 2 heterocycles. The zero-order valence-electron chi connectivity index (χ0n) is 16.7. The van der Waals surface area contributed by atoms with Crippen molar-refractivity contribution in [2.75, 3.05) is 13.2 Å². The quantitative estimate of drug-likeness (QED) is 0.511. The van der Waals surface area contributed by atoms with E-state index in [0.29, 0.717) is 11.1 Å². The molecule has 6 atom stereocenters. The second-order valence-electron chi connectivity index (χ2n) is 7.48. The summed E-state index contributed by atoms with van der Waals surface area (Å²) in [5.41, 5.74) is 1.01. The van der Waals surface area contributed by atoms with Crippen molar-refractivity contribution in [1.29, 1.82) is 0 Å². The molecule has 0 saturated carbocycles. The Kier molecular flexibility index (Phi) is 6.51. The van der Waals surface area contributed by atoms with Crippen LogP contribution in [0.25, 0.3) is 0 Å². The monoisotopic (exact) mass is 446 g/mol. The summed E-state index contributed by atoms with van der Waals surface area (Å²) in [5, 5.41) is 38.4. The summed E-state index contributed by atoms with van der Waals surface area (Å²) >= 11 is 0. The highest BCUT2D eigenvalue weighted by Gasteiger charge is 2.48. The lowest BCUT2D eigenvalue weighted by molar-refractivity contribution is -0.373. The molecule has 6 unspecified atom stereocenters. The molecular weight excluding hydrogens is 424 g/mol. The number of rotatable bonds is 6. The van der Waals surface area contributed by atoms with Gasteiger partial charge in [-0.2, -0.15) is 0 Å². The minimum atomic E-state index is -1.30. The van der Waals surface area contributed by atoms with E-state index in [1.54, 1.807) is 24.3 Å². The van der Waals surface area contributed by atoms with E-state index in [1.807, 2.05) is 0 Å². The molecule has 170 valence electrons. The molecule has 2 aliphatic rings. The van der Waals surface area contributed by atoms with Gasteiger partial charge in [-0.15, -0.1) is 0 Å². The smallest absolute Gasteiger partial charge is 0.335 e. The Hall–Kier alpha value is -2.86. The van der Waals surface area contributed by atoms with Gasteiger partial charge in [0.25, 0.3) is 0 Å². The van der Waals surface area contributed by atoms with E-state index in [1.165, 1.54) is 24.3 Å². The fourth-order valence-electron chi connectivity index (χ4n) is 3.75. The molecule has 0 aliphatic carbocycles. The van der Waals surface area contributed by atoms with Gasteiger partial charge in [-0.25, -0.2) is 9.59 Å². The standard InChI is InChI=1S/C22H22O10/c23-9-15(24)17-18-16(30-22(31-17)14-6-2-4-12(8-14)20(27)28)10-29-21(32-18)13-5-1-3-11(7-13)19(25)26/h1-8,15-18,21-24H,9-10H2,(H,25,26)(H,27,28). The van der Waals surface area contributed by atoms with Crippen LogP contribution in [0.15, 0.2) is 48.5 Å². The second-order valence-corrected chi connectivity index (χ2v) is 7.48. The number of aliphatic hydroxyl groups is 2. The maximum Gasteiger partial charge on any atom is 0.335 e. The molecule has 2 aromatic rings. The minimum absolute atomic E-state index is 0.0414. The van der Waals surface area contributed by atoms with E-state index in [4.69, 9.17) is 18.9 Å². The number of ether oxygens (including phenoxy) is 4. The van der Waals surface area contributed by atoms with Gasteiger partial charge in [-0.05, 0) is 24.3 Å². The number of carbonyl (C=O) groups is 2. The molecule has 10 nitrogen and oxygen atoms in total. The molecular formula is C22H22O10. The normalized spacial score (nSPS) is 28.5. The van der Waals surface area contributed by atoms with Crippen molar-refractivity contribution in [2.45, 2.75) is 37.0 Å². The first kappa shape index (κ1) is 22.3. The summed E-state index contributed by atoms with van der Waals surface area (Å²) in [7, 11) is 0. The van der Waals surface area contributed by atoms with Crippen LogP contribution in [0.2, 0.25) is 0 Å². The molecule has 2 saturated heterocycles. The van der Waals surface area contributed by atoms with Gasteiger partial charge >= 0.3 is 11.9 Å². The predicted octanol–water partition coefficient (Wildman–Crippen LogP) is 1.33. The highest BCUT2D eigenvalue weighted by molar-refractivity contribution is 5.88. The van der Waals surface area contributed by atoms with E-state index < -0.39 is 55.5 Å². The van der Waals surface area contributed by atoms with Crippen molar-refractivity contribution in [2.24, 2.45) is 0 Å². The molecule has 0 spiro atoms. The van der Waals surface area contributed by atoms with E-state index in [9.17, 15) is 30.0 Å². The fourth-order valence-corrected chi connectivity index (χ4v) is 3.75. The van der Waals surface area contributed by atoms with Gasteiger partial charge in [0.2, 0.25) is 0 Å². The van der Waals surface area contributed by atoms with Crippen LogP contribution in [0.4, 0.5) is 0 Å². The third-order valence-corrected chi connectivity index (χ3v) is 5.34. The molecule has 0 bridgehead atoms. The summed E-state index contributed by atoms with van der Waals surface area (Å²) in [6.07, 6.45) is -5.77. The van der Waals surface area contributed by atoms with Crippen LogP contribution in [-0.2, 0) is 18.9 Å². The van der Waals surface area contributed by atoms with Crippen LogP contribution in [0.3, 0.4) is 0 Å². The first-order valence-electron chi connectivity index (χ1n) is 9.91. The first-order chi connectivity index (χ1) is 15.4. The molecule has 4 rings (SSSR count). The average Bonchev–Trinajstić information content (AvgIpc) is 2.82. The Morgan fingerprint density at radius 2 is 1.50 bits per heavy atom. The van der Waals surface area contributed by atoms with Gasteiger partial charge in [0.1, 0.15) is 24.4 Å². The number of carboxylic acid groups (broad SMARTS) is 2. The number of aromatic carboxylic acids is 2. The zero-order valence-corrected chi connectivity index (χ0v) is 16.7. The van der Waals surface area contributed by atoms with Gasteiger partial charge in [-0.3, -0.25) is 0 Å². The van der Waals surface area contributed by atoms with Crippen molar-refractivity contribution in [3.8, 4) is 0 Å². The van der Waals surface area contributed by atoms with Crippen LogP contribution < -0.4 is 0 Å². The molecule has 2 aliphatic heterocycles. The van der Waals surface area contributed by atoms with E-state index in [-0.39, 0.29) is 17.7 Å². The van der Waals surface area contributed by atoms with Gasteiger partial charge in [0, 0.05) is 11.1 Å². The predicted molar refractivity (Wildman–Crippen MR) is 106 cm³/mol. The lowest BCUT2D eigenvalue weighted by Crippen LogP contribution is -2.58.